The fourth-order valence-corrected chi connectivity index (χ4v) is 2.26. The van der Waals surface area contributed by atoms with Gasteiger partial charge in [0.15, 0.2) is 0 Å². The van der Waals surface area contributed by atoms with Crippen LogP contribution in [-0.4, -0.2) is 15.4 Å². The first-order chi connectivity index (χ1) is 8.48. The summed E-state index contributed by atoms with van der Waals surface area (Å²) in [5, 5.41) is 11.0. The zero-order chi connectivity index (χ0) is 13.2. The number of benzene rings is 1. The quantitative estimate of drug-likeness (QED) is 0.860. The molecule has 1 heterocycles. The third-order valence-corrected chi connectivity index (χ3v) is 3.20. The van der Waals surface area contributed by atoms with Gasteiger partial charge in [0.25, 0.3) is 0 Å². The van der Waals surface area contributed by atoms with Crippen molar-refractivity contribution >= 4 is 11.6 Å². The van der Waals surface area contributed by atoms with Gasteiger partial charge in [-0.1, -0.05) is 51.1 Å². The Kier molecular flexibility index (Phi) is 3.71. The minimum atomic E-state index is -0.152. The maximum Gasteiger partial charge on any atom is 0.104 e. The predicted molar refractivity (Wildman–Crippen MR) is 73.8 cm³/mol. The maximum absolute atomic E-state index is 6.47. The lowest BCUT2D eigenvalue weighted by atomic mass is 9.89. The van der Waals surface area contributed by atoms with Crippen molar-refractivity contribution in [2.24, 2.45) is 0 Å². The second-order valence-corrected chi connectivity index (χ2v) is 5.99. The topological polar surface area (TPSA) is 41.6 Å². The maximum atomic E-state index is 6.47. The third kappa shape index (κ3) is 2.91. The van der Waals surface area contributed by atoms with Crippen LogP contribution in [-0.2, 0) is 11.8 Å². The molecule has 0 radical (unpaired) electrons. The van der Waals surface area contributed by atoms with Gasteiger partial charge in [-0.05, 0) is 12.0 Å². The summed E-state index contributed by atoms with van der Waals surface area (Å²) in [5.41, 5.74) is 2.96. The van der Waals surface area contributed by atoms with Crippen molar-refractivity contribution < 1.29 is 0 Å². The van der Waals surface area contributed by atoms with Crippen molar-refractivity contribution in [2.45, 2.75) is 38.0 Å². The molecule has 1 unspecified atom stereocenters. The smallest absolute Gasteiger partial charge is 0.104 e. The molecule has 0 spiro atoms. The zero-order valence-corrected chi connectivity index (χ0v) is 11.7. The van der Waals surface area contributed by atoms with Crippen molar-refractivity contribution in [1.29, 1.82) is 0 Å². The van der Waals surface area contributed by atoms with Crippen LogP contribution in [0.15, 0.2) is 30.3 Å². The molecule has 0 bridgehead atoms. The van der Waals surface area contributed by atoms with Gasteiger partial charge in [-0.25, -0.2) is 0 Å². The molecule has 1 aromatic heterocycles. The first-order valence-electron chi connectivity index (χ1n) is 6.07. The lowest BCUT2D eigenvalue weighted by Gasteiger charge is -2.18. The third-order valence-electron chi connectivity index (χ3n) is 2.84. The number of halogens is 1. The highest BCUT2D eigenvalue weighted by molar-refractivity contribution is 6.20. The number of hydrogen-bond donors (Lipinski definition) is 1. The Bertz CT molecular complexity index is 499. The van der Waals surface area contributed by atoms with E-state index < -0.39 is 0 Å². The Morgan fingerprint density at radius 2 is 1.83 bits per heavy atom. The van der Waals surface area contributed by atoms with E-state index in [9.17, 15) is 0 Å². The van der Waals surface area contributed by atoms with Crippen LogP contribution in [0.2, 0.25) is 0 Å². The van der Waals surface area contributed by atoms with Gasteiger partial charge in [0, 0.05) is 5.41 Å². The number of alkyl halides is 1. The Balaban J connectivity index is 2.20. The first-order valence-corrected chi connectivity index (χ1v) is 6.51. The van der Waals surface area contributed by atoms with Crippen molar-refractivity contribution in [2.75, 3.05) is 0 Å². The minimum absolute atomic E-state index is 0.0494. The van der Waals surface area contributed by atoms with Gasteiger partial charge in [-0.2, -0.15) is 15.4 Å². The van der Waals surface area contributed by atoms with Gasteiger partial charge in [0.2, 0.25) is 0 Å². The van der Waals surface area contributed by atoms with Gasteiger partial charge < -0.3 is 0 Å². The summed E-state index contributed by atoms with van der Waals surface area (Å²) in [6.07, 6.45) is 0.762. The standard InChI is InChI=1S/C14H18ClN3/c1-14(2,3)13-12(16-18-17-13)11(15)9-10-7-5-4-6-8-10/h4-8,11H,9H2,1-3H3,(H,16,17,18). The number of aromatic nitrogens is 3. The highest BCUT2D eigenvalue weighted by Gasteiger charge is 2.26. The first kappa shape index (κ1) is 13.1. The molecule has 0 aliphatic rings. The summed E-state index contributed by atoms with van der Waals surface area (Å²) >= 11 is 6.47. The van der Waals surface area contributed by atoms with E-state index >= 15 is 0 Å². The van der Waals surface area contributed by atoms with E-state index in [0.29, 0.717) is 0 Å². The average molecular weight is 264 g/mol. The lowest BCUT2D eigenvalue weighted by molar-refractivity contribution is 0.558. The molecule has 18 heavy (non-hydrogen) atoms. The van der Waals surface area contributed by atoms with Crippen LogP contribution in [0.4, 0.5) is 0 Å². The van der Waals surface area contributed by atoms with Gasteiger partial charge in [0.1, 0.15) is 5.69 Å². The number of nitrogens with zero attached hydrogens (tertiary/aromatic N) is 2. The fraction of sp³-hybridized carbons (Fsp3) is 0.429. The van der Waals surface area contributed by atoms with Crippen LogP contribution < -0.4 is 0 Å². The molecular weight excluding hydrogens is 246 g/mol. The second-order valence-electron chi connectivity index (χ2n) is 5.46. The molecule has 0 saturated carbocycles. The number of aromatic amines is 1. The van der Waals surface area contributed by atoms with Crippen molar-refractivity contribution in [3.63, 3.8) is 0 Å². The Labute approximate surface area is 113 Å². The molecule has 96 valence electrons. The molecule has 2 rings (SSSR count). The molecular formula is C14H18ClN3. The molecule has 0 amide bonds. The molecule has 1 aromatic carbocycles. The van der Waals surface area contributed by atoms with Crippen LogP contribution >= 0.6 is 11.6 Å². The Morgan fingerprint density at radius 1 is 1.17 bits per heavy atom. The molecule has 4 heteroatoms. The molecule has 0 aliphatic carbocycles. The van der Waals surface area contributed by atoms with E-state index in [1.54, 1.807) is 0 Å². The van der Waals surface area contributed by atoms with Gasteiger partial charge in [-0.15, -0.1) is 11.6 Å². The molecule has 1 atom stereocenters. The summed E-state index contributed by atoms with van der Waals surface area (Å²) in [4.78, 5) is 0. The Morgan fingerprint density at radius 3 is 2.44 bits per heavy atom. The van der Waals surface area contributed by atoms with Crippen LogP contribution in [0.25, 0.3) is 0 Å². The van der Waals surface area contributed by atoms with Gasteiger partial charge in [-0.3, -0.25) is 0 Å². The minimum Gasteiger partial charge on any atom is -0.197 e. The van der Waals surface area contributed by atoms with Gasteiger partial charge >= 0.3 is 0 Å². The second kappa shape index (κ2) is 5.11. The van der Waals surface area contributed by atoms with E-state index in [2.05, 4.69) is 48.3 Å². The highest BCUT2D eigenvalue weighted by atomic mass is 35.5. The highest BCUT2D eigenvalue weighted by Crippen LogP contribution is 2.31. The van der Waals surface area contributed by atoms with Crippen LogP contribution in [0.5, 0.6) is 0 Å². The fourth-order valence-electron chi connectivity index (χ4n) is 1.93. The monoisotopic (exact) mass is 263 g/mol. The number of H-pyrrole nitrogens is 1. The molecule has 1 N–H and O–H groups in total. The van der Waals surface area contributed by atoms with E-state index in [-0.39, 0.29) is 10.8 Å². The summed E-state index contributed by atoms with van der Waals surface area (Å²) in [5.74, 6) is 0. The van der Waals surface area contributed by atoms with Crippen molar-refractivity contribution in [3.05, 3.63) is 47.3 Å². The zero-order valence-electron chi connectivity index (χ0n) is 10.9. The van der Waals surface area contributed by atoms with Crippen LogP contribution in [0.3, 0.4) is 0 Å². The van der Waals surface area contributed by atoms with Crippen molar-refractivity contribution in [3.8, 4) is 0 Å². The summed E-state index contributed by atoms with van der Waals surface area (Å²) in [6, 6.07) is 10.2. The molecule has 3 nitrogen and oxygen atoms in total. The summed E-state index contributed by atoms with van der Waals surface area (Å²) in [7, 11) is 0. The SMILES string of the molecule is CC(C)(C)c1n[nH]nc1C(Cl)Cc1ccccc1. The molecule has 0 aliphatic heterocycles. The average Bonchev–Trinajstić information content (AvgIpc) is 2.79. The molecule has 2 aromatic rings. The summed E-state index contributed by atoms with van der Waals surface area (Å²) in [6.45, 7) is 6.33. The Hall–Kier alpha value is -1.35. The molecule has 0 saturated heterocycles. The van der Waals surface area contributed by atoms with E-state index in [1.807, 2.05) is 18.2 Å². The van der Waals surface area contributed by atoms with Crippen LogP contribution in [0.1, 0.15) is 43.1 Å². The van der Waals surface area contributed by atoms with Crippen LogP contribution in [0, 0.1) is 0 Å². The van der Waals surface area contributed by atoms with Gasteiger partial charge in [0.05, 0.1) is 11.1 Å². The van der Waals surface area contributed by atoms with E-state index in [4.69, 9.17) is 11.6 Å². The predicted octanol–water partition coefficient (Wildman–Crippen LogP) is 3.62. The molecule has 0 fully saturated rings. The number of nitrogens with one attached hydrogen (secondary N) is 1. The normalized spacial score (nSPS) is 13.6. The largest absolute Gasteiger partial charge is 0.197 e. The lowest BCUT2D eigenvalue weighted by Crippen LogP contribution is -2.15. The number of rotatable bonds is 3. The van der Waals surface area contributed by atoms with E-state index in [1.165, 1.54) is 5.56 Å². The van der Waals surface area contributed by atoms with E-state index in [0.717, 1.165) is 17.8 Å². The number of hydrogen-bond acceptors (Lipinski definition) is 2. The summed E-state index contributed by atoms with van der Waals surface area (Å²) < 4.78 is 0. The van der Waals surface area contributed by atoms with Crippen molar-refractivity contribution in [1.82, 2.24) is 15.4 Å².